The summed E-state index contributed by atoms with van der Waals surface area (Å²) in [7, 11) is 0. The van der Waals surface area contributed by atoms with Gasteiger partial charge in [0.05, 0.1) is 11.9 Å². The third-order valence-electron chi connectivity index (χ3n) is 5.05. The number of hydrogen-bond donors (Lipinski definition) is 1. The molecule has 0 aliphatic carbocycles. The lowest BCUT2D eigenvalue weighted by molar-refractivity contribution is -0.122. The van der Waals surface area contributed by atoms with Crippen LogP contribution in [0.1, 0.15) is 12.8 Å². The zero-order chi connectivity index (χ0) is 18.5. The molecule has 1 N–H and O–H groups in total. The smallest absolute Gasteiger partial charge is 0.227 e. The van der Waals surface area contributed by atoms with E-state index in [9.17, 15) is 4.79 Å². The Balaban J connectivity index is 1.31. The third-order valence-corrected chi connectivity index (χ3v) is 5.05. The first-order chi connectivity index (χ1) is 13.3. The van der Waals surface area contributed by atoms with Crippen LogP contribution >= 0.6 is 0 Å². The van der Waals surface area contributed by atoms with Crippen molar-refractivity contribution in [3.63, 3.8) is 0 Å². The fourth-order valence-electron chi connectivity index (χ4n) is 3.44. The second-order valence-corrected chi connectivity index (χ2v) is 6.80. The molecule has 142 valence electrons. The van der Waals surface area contributed by atoms with E-state index in [1.807, 2.05) is 18.2 Å². The largest absolute Gasteiger partial charge is 0.381 e. The highest BCUT2D eigenvalue weighted by Crippen LogP contribution is 2.20. The topological polar surface area (TPSA) is 83.5 Å². The molecule has 0 atom stereocenters. The Morgan fingerprint density at radius 2 is 1.70 bits per heavy atom. The molecule has 4 rings (SSSR count). The van der Waals surface area contributed by atoms with Gasteiger partial charge in [-0.05, 0) is 31.0 Å². The first-order valence-corrected chi connectivity index (χ1v) is 9.41. The summed E-state index contributed by atoms with van der Waals surface area (Å²) in [6.45, 7) is 4.75. The lowest BCUT2D eigenvalue weighted by Gasteiger charge is -2.35. The number of pyridine rings is 1. The van der Waals surface area contributed by atoms with Gasteiger partial charge in [-0.15, -0.1) is 0 Å². The van der Waals surface area contributed by atoms with Crippen molar-refractivity contribution in [2.45, 2.75) is 12.8 Å². The molecular formula is C19H24N6O2. The number of aromatic nitrogens is 3. The summed E-state index contributed by atoms with van der Waals surface area (Å²) >= 11 is 0. The van der Waals surface area contributed by atoms with Crippen LogP contribution in [0.4, 0.5) is 17.5 Å². The normalized spacial score (nSPS) is 18.4. The molecule has 4 heterocycles. The van der Waals surface area contributed by atoms with Crippen molar-refractivity contribution >= 4 is 23.4 Å². The van der Waals surface area contributed by atoms with Gasteiger partial charge in [-0.2, -0.15) is 0 Å². The van der Waals surface area contributed by atoms with Crippen LogP contribution in [0.25, 0.3) is 0 Å². The van der Waals surface area contributed by atoms with Crippen LogP contribution < -0.4 is 15.1 Å². The number of ether oxygens (including phenoxy) is 1. The number of rotatable bonds is 4. The number of amides is 1. The Labute approximate surface area is 158 Å². The lowest BCUT2D eigenvalue weighted by atomic mass is 9.99. The Morgan fingerprint density at radius 1 is 1.00 bits per heavy atom. The monoisotopic (exact) mass is 368 g/mol. The minimum absolute atomic E-state index is 0.0340. The fraction of sp³-hybridized carbons (Fsp3) is 0.474. The SMILES string of the molecule is O=C(Nc1ccc(N2CCN(c3ncccn3)CC2)nc1)C1CCOCC1. The van der Waals surface area contributed by atoms with E-state index in [4.69, 9.17) is 4.74 Å². The predicted molar refractivity (Wildman–Crippen MR) is 103 cm³/mol. The van der Waals surface area contributed by atoms with E-state index >= 15 is 0 Å². The van der Waals surface area contributed by atoms with Gasteiger partial charge in [-0.1, -0.05) is 0 Å². The molecule has 0 saturated carbocycles. The Kier molecular flexibility index (Phi) is 5.43. The van der Waals surface area contributed by atoms with Gasteiger partial charge in [0.1, 0.15) is 5.82 Å². The van der Waals surface area contributed by atoms with Crippen LogP contribution in [0, 0.1) is 5.92 Å². The van der Waals surface area contributed by atoms with E-state index < -0.39 is 0 Å². The Hall–Kier alpha value is -2.74. The van der Waals surface area contributed by atoms with Gasteiger partial charge >= 0.3 is 0 Å². The minimum Gasteiger partial charge on any atom is -0.381 e. The van der Waals surface area contributed by atoms with E-state index in [2.05, 4.69) is 30.1 Å². The molecule has 1 amide bonds. The van der Waals surface area contributed by atoms with Crippen LogP contribution in [0.3, 0.4) is 0 Å². The fourth-order valence-corrected chi connectivity index (χ4v) is 3.44. The van der Waals surface area contributed by atoms with Gasteiger partial charge < -0.3 is 19.9 Å². The number of hydrogen-bond acceptors (Lipinski definition) is 7. The highest BCUT2D eigenvalue weighted by Gasteiger charge is 2.22. The average molecular weight is 368 g/mol. The van der Waals surface area contributed by atoms with Crippen LogP contribution in [0.2, 0.25) is 0 Å². The minimum atomic E-state index is 0.0340. The van der Waals surface area contributed by atoms with E-state index in [1.54, 1.807) is 18.6 Å². The molecule has 0 spiro atoms. The van der Waals surface area contributed by atoms with Crippen molar-refractivity contribution in [2.75, 3.05) is 54.5 Å². The van der Waals surface area contributed by atoms with E-state index in [0.29, 0.717) is 13.2 Å². The van der Waals surface area contributed by atoms with Crippen LogP contribution in [0.15, 0.2) is 36.8 Å². The number of anilines is 3. The maximum Gasteiger partial charge on any atom is 0.227 e. The quantitative estimate of drug-likeness (QED) is 0.877. The molecule has 2 aliphatic heterocycles. The summed E-state index contributed by atoms with van der Waals surface area (Å²) in [4.78, 5) is 29.9. The molecule has 2 aliphatic rings. The molecule has 0 unspecified atom stereocenters. The van der Waals surface area contributed by atoms with Crippen LogP contribution in [0.5, 0.6) is 0 Å². The lowest BCUT2D eigenvalue weighted by Crippen LogP contribution is -2.47. The third kappa shape index (κ3) is 4.33. The first kappa shape index (κ1) is 17.7. The molecule has 8 nitrogen and oxygen atoms in total. The van der Waals surface area contributed by atoms with Gasteiger partial charge in [0.2, 0.25) is 11.9 Å². The zero-order valence-electron chi connectivity index (χ0n) is 15.3. The molecule has 2 aromatic heterocycles. The van der Waals surface area contributed by atoms with Crippen molar-refractivity contribution in [3.8, 4) is 0 Å². The number of nitrogens with zero attached hydrogens (tertiary/aromatic N) is 5. The molecular weight excluding hydrogens is 344 g/mol. The molecule has 8 heteroatoms. The van der Waals surface area contributed by atoms with Gasteiger partial charge in [-0.25, -0.2) is 15.0 Å². The summed E-state index contributed by atoms with van der Waals surface area (Å²) in [5, 5.41) is 2.97. The van der Waals surface area contributed by atoms with Crippen molar-refractivity contribution < 1.29 is 9.53 Å². The maximum atomic E-state index is 12.3. The number of piperazine rings is 1. The Morgan fingerprint density at radius 3 is 2.37 bits per heavy atom. The maximum absolute atomic E-state index is 12.3. The second-order valence-electron chi connectivity index (χ2n) is 6.80. The average Bonchev–Trinajstić information content (AvgIpc) is 2.76. The first-order valence-electron chi connectivity index (χ1n) is 9.41. The summed E-state index contributed by atoms with van der Waals surface area (Å²) in [6.07, 6.45) is 6.84. The number of carbonyl (C=O) groups is 1. The van der Waals surface area contributed by atoms with Crippen LogP contribution in [-0.2, 0) is 9.53 Å². The van der Waals surface area contributed by atoms with Crippen LogP contribution in [-0.4, -0.2) is 60.3 Å². The number of nitrogens with one attached hydrogen (secondary N) is 1. The standard InChI is InChI=1S/C19H24N6O2/c26-18(15-4-12-27-13-5-15)23-16-2-3-17(22-14-16)24-8-10-25(11-9-24)19-20-6-1-7-21-19/h1-3,6-7,14-15H,4-5,8-13H2,(H,23,26). The Bertz CT molecular complexity index is 741. The van der Waals surface area contributed by atoms with Crippen molar-refractivity contribution in [2.24, 2.45) is 5.92 Å². The van der Waals surface area contributed by atoms with Gasteiger partial charge in [0.25, 0.3) is 0 Å². The number of carbonyl (C=O) groups excluding carboxylic acids is 1. The summed E-state index contributed by atoms with van der Waals surface area (Å²) in [5.74, 6) is 1.79. The summed E-state index contributed by atoms with van der Waals surface area (Å²) < 4.78 is 5.31. The molecule has 2 fully saturated rings. The second kappa shape index (κ2) is 8.30. The molecule has 0 radical (unpaired) electrons. The van der Waals surface area contributed by atoms with Crippen molar-refractivity contribution in [1.29, 1.82) is 0 Å². The molecule has 0 aromatic carbocycles. The van der Waals surface area contributed by atoms with E-state index in [0.717, 1.165) is 56.5 Å². The molecule has 27 heavy (non-hydrogen) atoms. The van der Waals surface area contributed by atoms with E-state index in [1.165, 1.54) is 0 Å². The van der Waals surface area contributed by atoms with Crippen molar-refractivity contribution in [3.05, 3.63) is 36.8 Å². The summed E-state index contributed by atoms with van der Waals surface area (Å²) in [6, 6.07) is 5.71. The highest BCUT2D eigenvalue weighted by atomic mass is 16.5. The molecule has 2 saturated heterocycles. The zero-order valence-corrected chi connectivity index (χ0v) is 15.3. The highest BCUT2D eigenvalue weighted by molar-refractivity contribution is 5.92. The van der Waals surface area contributed by atoms with Gasteiger partial charge in [-0.3, -0.25) is 4.79 Å². The predicted octanol–water partition coefficient (Wildman–Crippen LogP) is 1.56. The van der Waals surface area contributed by atoms with E-state index in [-0.39, 0.29) is 11.8 Å². The van der Waals surface area contributed by atoms with Gasteiger partial charge in [0.15, 0.2) is 0 Å². The summed E-state index contributed by atoms with van der Waals surface area (Å²) in [5.41, 5.74) is 0.742. The van der Waals surface area contributed by atoms with Crippen molar-refractivity contribution in [1.82, 2.24) is 15.0 Å². The molecule has 0 bridgehead atoms. The molecule has 2 aromatic rings. The van der Waals surface area contributed by atoms with Gasteiger partial charge in [0, 0.05) is 57.7 Å².